The van der Waals surface area contributed by atoms with Gasteiger partial charge in [-0.05, 0) is 24.3 Å². The molecule has 0 unspecified atom stereocenters. The molecule has 0 aliphatic rings. The van der Waals surface area contributed by atoms with Gasteiger partial charge in [-0.15, -0.1) is 0 Å². The van der Waals surface area contributed by atoms with Crippen LogP contribution >= 0.6 is 11.6 Å². The van der Waals surface area contributed by atoms with E-state index in [4.69, 9.17) is 22.2 Å². The molecule has 4 N–H and O–H groups in total. The van der Waals surface area contributed by atoms with E-state index in [2.05, 4.69) is 15.7 Å². The molecule has 104 valence electrons. The number of nitrogens with zero attached hydrogens (tertiary/aromatic N) is 1. The highest BCUT2D eigenvalue weighted by Crippen LogP contribution is 2.27. The molecule has 1 aromatic heterocycles. The third-order valence-corrected chi connectivity index (χ3v) is 2.94. The topological polar surface area (TPSA) is 89.3 Å². The van der Waals surface area contributed by atoms with Crippen molar-refractivity contribution >= 4 is 29.0 Å². The van der Waals surface area contributed by atoms with Gasteiger partial charge in [0.25, 0.3) is 5.91 Å². The first-order chi connectivity index (χ1) is 9.65. The number of hydrazine groups is 1. The molecule has 6 nitrogen and oxygen atoms in total. The molecule has 20 heavy (non-hydrogen) atoms. The van der Waals surface area contributed by atoms with Gasteiger partial charge in [0.05, 0.1) is 23.4 Å². The molecule has 2 aromatic rings. The van der Waals surface area contributed by atoms with E-state index in [9.17, 15) is 4.79 Å². The van der Waals surface area contributed by atoms with Gasteiger partial charge >= 0.3 is 0 Å². The second-order valence-electron chi connectivity index (χ2n) is 3.84. The van der Waals surface area contributed by atoms with Crippen LogP contribution in [0.5, 0.6) is 5.75 Å². The summed E-state index contributed by atoms with van der Waals surface area (Å²) in [5.41, 5.74) is 3.13. The average molecular weight is 293 g/mol. The van der Waals surface area contributed by atoms with Gasteiger partial charge in [-0.3, -0.25) is 4.79 Å². The molecule has 0 radical (unpaired) electrons. The second kappa shape index (κ2) is 6.23. The number of nitrogen functional groups attached to an aromatic ring is 1. The molecule has 0 spiro atoms. The number of hydrogen-bond acceptors (Lipinski definition) is 5. The van der Waals surface area contributed by atoms with Crippen molar-refractivity contribution < 1.29 is 9.53 Å². The van der Waals surface area contributed by atoms with Crippen molar-refractivity contribution in [2.75, 3.05) is 17.9 Å². The van der Waals surface area contributed by atoms with E-state index in [1.54, 1.807) is 30.3 Å². The zero-order valence-corrected chi connectivity index (χ0v) is 11.4. The molecule has 0 aliphatic heterocycles. The Bertz CT molecular complexity index is 634. The van der Waals surface area contributed by atoms with Crippen LogP contribution in [-0.4, -0.2) is 18.0 Å². The Balaban J connectivity index is 2.27. The number of halogens is 1. The number of pyridine rings is 1. The van der Waals surface area contributed by atoms with Crippen LogP contribution < -0.4 is 21.3 Å². The number of rotatable bonds is 4. The van der Waals surface area contributed by atoms with Crippen molar-refractivity contribution in [1.82, 2.24) is 4.98 Å². The summed E-state index contributed by atoms with van der Waals surface area (Å²) in [5, 5.41) is 3.10. The number of carbonyl (C=O) groups excluding carboxylic acids is 1. The summed E-state index contributed by atoms with van der Waals surface area (Å²) in [6.07, 6.45) is 1.53. The average Bonchev–Trinajstić information content (AvgIpc) is 2.49. The molecule has 1 amide bonds. The summed E-state index contributed by atoms with van der Waals surface area (Å²) in [5.74, 6) is 5.82. The second-order valence-corrected chi connectivity index (χ2v) is 4.25. The third-order valence-electron chi connectivity index (χ3n) is 2.61. The lowest BCUT2D eigenvalue weighted by Gasteiger charge is -2.11. The number of methoxy groups -OCH3 is 1. The maximum absolute atomic E-state index is 12.2. The molecular weight excluding hydrogens is 280 g/mol. The maximum atomic E-state index is 12.2. The highest BCUT2D eigenvalue weighted by atomic mass is 35.5. The summed E-state index contributed by atoms with van der Waals surface area (Å²) in [7, 11) is 1.53. The lowest BCUT2D eigenvalue weighted by molar-refractivity contribution is 0.102. The van der Waals surface area contributed by atoms with E-state index < -0.39 is 0 Å². The molecule has 0 atom stereocenters. The fourth-order valence-electron chi connectivity index (χ4n) is 1.62. The third kappa shape index (κ3) is 2.98. The fraction of sp³-hybridized carbons (Fsp3) is 0.0769. The van der Waals surface area contributed by atoms with Crippen molar-refractivity contribution in [2.24, 2.45) is 5.84 Å². The van der Waals surface area contributed by atoms with Crippen molar-refractivity contribution in [1.29, 1.82) is 0 Å². The van der Waals surface area contributed by atoms with Gasteiger partial charge in [0.1, 0.15) is 5.75 Å². The van der Waals surface area contributed by atoms with Crippen molar-refractivity contribution in [3.05, 3.63) is 47.1 Å². The van der Waals surface area contributed by atoms with E-state index in [1.165, 1.54) is 13.3 Å². The molecule has 0 saturated carbocycles. The van der Waals surface area contributed by atoms with Crippen LogP contribution in [-0.2, 0) is 0 Å². The highest BCUT2D eigenvalue weighted by Gasteiger charge is 2.13. The SMILES string of the molecule is COc1ccc(Cl)c(NC(=O)c2cccnc2NN)c1. The van der Waals surface area contributed by atoms with Crippen LogP contribution in [0.15, 0.2) is 36.5 Å². The Morgan fingerprint density at radius 3 is 2.90 bits per heavy atom. The zero-order chi connectivity index (χ0) is 14.5. The molecule has 0 aliphatic carbocycles. The Morgan fingerprint density at radius 1 is 1.40 bits per heavy atom. The Kier molecular flexibility index (Phi) is 4.39. The van der Waals surface area contributed by atoms with E-state index in [1.807, 2.05) is 0 Å². The standard InChI is InChI=1S/C13H13ClN4O2/c1-20-8-4-5-10(14)11(7-8)17-13(19)9-3-2-6-16-12(9)18-15/h2-7H,15H2,1H3,(H,16,18)(H,17,19). The number of benzene rings is 1. The minimum Gasteiger partial charge on any atom is -0.497 e. The zero-order valence-electron chi connectivity index (χ0n) is 10.7. The van der Waals surface area contributed by atoms with Gasteiger partial charge < -0.3 is 15.5 Å². The van der Waals surface area contributed by atoms with Crippen LogP contribution in [0.4, 0.5) is 11.5 Å². The van der Waals surface area contributed by atoms with E-state index in [0.29, 0.717) is 22.0 Å². The van der Waals surface area contributed by atoms with Crippen LogP contribution in [0.3, 0.4) is 0 Å². The van der Waals surface area contributed by atoms with Crippen LogP contribution in [0.25, 0.3) is 0 Å². The summed E-state index contributed by atoms with van der Waals surface area (Å²) >= 11 is 6.03. The largest absolute Gasteiger partial charge is 0.497 e. The maximum Gasteiger partial charge on any atom is 0.259 e. The van der Waals surface area contributed by atoms with Gasteiger partial charge in [0, 0.05) is 12.3 Å². The molecule has 1 aromatic carbocycles. The first kappa shape index (κ1) is 14.1. The van der Waals surface area contributed by atoms with Crippen molar-refractivity contribution in [2.45, 2.75) is 0 Å². The number of nitrogens with one attached hydrogen (secondary N) is 2. The number of nitrogens with two attached hydrogens (primary N) is 1. The van der Waals surface area contributed by atoms with Crippen LogP contribution in [0, 0.1) is 0 Å². The first-order valence-electron chi connectivity index (χ1n) is 5.72. The molecule has 0 fully saturated rings. The number of anilines is 2. The summed E-state index contributed by atoms with van der Waals surface area (Å²) in [6, 6.07) is 8.22. The smallest absolute Gasteiger partial charge is 0.259 e. The first-order valence-corrected chi connectivity index (χ1v) is 6.10. The summed E-state index contributed by atoms with van der Waals surface area (Å²) in [4.78, 5) is 16.2. The van der Waals surface area contributed by atoms with Crippen molar-refractivity contribution in [3.8, 4) is 5.75 Å². The number of carbonyl (C=O) groups is 1. The van der Waals surface area contributed by atoms with Gasteiger partial charge in [0.2, 0.25) is 0 Å². The highest BCUT2D eigenvalue weighted by molar-refractivity contribution is 6.34. The van der Waals surface area contributed by atoms with Crippen LogP contribution in [0.1, 0.15) is 10.4 Å². The van der Waals surface area contributed by atoms with E-state index in [-0.39, 0.29) is 11.7 Å². The normalized spacial score (nSPS) is 9.95. The minimum absolute atomic E-state index is 0.281. The number of ether oxygens (including phenoxy) is 1. The predicted molar refractivity (Wildman–Crippen MR) is 78.0 cm³/mol. The summed E-state index contributed by atoms with van der Waals surface area (Å²) in [6.45, 7) is 0. The monoisotopic (exact) mass is 292 g/mol. The van der Waals surface area contributed by atoms with Crippen LogP contribution in [0.2, 0.25) is 5.02 Å². The minimum atomic E-state index is -0.374. The van der Waals surface area contributed by atoms with Crippen molar-refractivity contribution in [3.63, 3.8) is 0 Å². The van der Waals surface area contributed by atoms with Gasteiger partial charge in [-0.25, -0.2) is 10.8 Å². The van der Waals surface area contributed by atoms with E-state index in [0.717, 1.165) is 0 Å². The number of amides is 1. The van der Waals surface area contributed by atoms with Gasteiger partial charge in [-0.2, -0.15) is 0 Å². The van der Waals surface area contributed by atoms with E-state index >= 15 is 0 Å². The lowest BCUT2D eigenvalue weighted by Crippen LogP contribution is -2.18. The fourth-order valence-corrected chi connectivity index (χ4v) is 1.79. The molecule has 0 bridgehead atoms. The molecule has 0 saturated heterocycles. The van der Waals surface area contributed by atoms with Gasteiger partial charge in [0.15, 0.2) is 5.82 Å². The molecule has 7 heteroatoms. The summed E-state index contributed by atoms with van der Waals surface area (Å²) < 4.78 is 5.09. The number of hydrogen-bond donors (Lipinski definition) is 3. The van der Waals surface area contributed by atoms with Gasteiger partial charge in [-0.1, -0.05) is 11.6 Å². The molecule has 1 heterocycles. The predicted octanol–water partition coefficient (Wildman–Crippen LogP) is 2.28. The Morgan fingerprint density at radius 2 is 2.20 bits per heavy atom. The Labute approximate surface area is 120 Å². The number of aromatic nitrogens is 1. The molecular formula is C13H13ClN4O2. The quantitative estimate of drug-likeness (QED) is 0.594. The lowest BCUT2D eigenvalue weighted by atomic mass is 10.2. The Hall–Kier alpha value is -2.31. The molecule has 2 rings (SSSR count).